The first-order valence-corrected chi connectivity index (χ1v) is 9.68. The number of amides is 1. The summed E-state index contributed by atoms with van der Waals surface area (Å²) in [6, 6.07) is 8.84. The van der Waals surface area contributed by atoms with Gasteiger partial charge in [-0.1, -0.05) is 17.7 Å². The zero-order chi connectivity index (χ0) is 21.5. The van der Waals surface area contributed by atoms with Crippen LogP contribution in [-0.2, 0) is 6.18 Å². The lowest BCUT2D eigenvalue weighted by Crippen LogP contribution is -2.16. The maximum absolute atomic E-state index is 13.6. The van der Waals surface area contributed by atoms with Crippen molar-refractivity contribution < 1.29 is 22.7 Å². The monoisotopic (exact) mass is 452 g/mol. The Morgan fingerprint density at radius 3 is 2.73 bits per heavy atom. The van der Waals surface area contributed by atoms with Gasteiger partial charge in [-0.05, 0) is 29.6 Å². The minimum atomic E-state index is -4.69. The molecule has 6 nitrogen and oxygen atoms in total. The molecule has 3 aromatic heterocycles. The van der Waals surface area contributed by atoms with Crippen LogP contribution in [-0.4, -0.2) is 27.6 Å². The van der Waals surface area contributed by atoms with Gasteiger partial charge in [-0.3, -0.25) is 4.79 Å². The molecule has 154 valence electrons. The van der Waals surface area contributed by atoms with Gasteiger partial charge in [0.25, 0.3) is 5.91 Å². The number of halogens is 4. The van der Waals surface area contributed by atoms with E-state index in [2.05, 4.69) is 15.4 Å². The first-order chi connectivity index (χ1) is 14.3. The number of aromatic nitrogens is 3. The van der Waals surface area contributed by atoms with E-state index in [4.69, 9.17) is 16.3 Å². The van der Waals surface area contributed by atoms with E-state index in [1.165, 1.54) is 30.6 Å². The Morgan fingerprint density at radius 2 is 2.07 bits per heavy atom. The summed E-state index contributed by atoms with van der Waals surface area (Å²) in [6.45, 7) is 0. The highest BCUT2D eigenvalue weighted by Gasteiger charge is 2.36. The van der Waals surface area contributed by atoms with E-state index < -0.39 is 17.8 Å². The molecule has 0 spiro atoms. The number of rotatable bonds is 4. The van der Waals surface area contributed by atoms with Crippen LogP contribution in [0.3, 0.4) is 0 Å². The normalized spacial score (nSPS) is 11.6. The van der Waals surface area contributed by atoms with Crippen molar-refractivity contribution in [3.05, 3.63) is 64.3 Å². The molecule has 0 fully saturated rings. The fourth-order valence-electron chi connectivity index (χ4n) is 2.83. The van der Waals surface area contributed by atoms with Crippen LogP contribution in [0.5, 0.6) is 5.75 Å². The smallest absolute Gasteiger partial charge is 0.433 e. The van der Waals surface area contributed by atoms with Crippen LogP contribution < -0.4 is 10.1 Å². The summed E-state index contributed by atoms with van der Waals surface area (Å²) in [5, 5.41) is 8.48. The minimum Gasteiger partial charge on any atom is -0.495 e. The van der Waals surface area contributed by atoms with E-state index in [0.717, 1.165) is 12.3 Å². The molecule has 1 N–H and O–H groups in total. The molecule has 1 amide bonds. The summed E-state index contributed by atoms with van der Waals surface area (Å²) >= 11 is 7.16. The van der Waals surface area contributed by atoms with E-state index >= 15 is 0 Å². The zero-order valence-electron chi connectivity index (χ0n) is 15.2. The van der Waals surface area contributed by atoms with Gasteiger partial charge in [-0.2, -0.15) is 18.3 Å². The van der Waals surface area contributed by atoms with Crippen molar-refractivity contribution >= 4 is 40.2 Å². The van der Waals surface area contributed by atoms with Gasteiger partial charge >= 0.3 is 6.18 Å². The minimum absolute atomic E-state index is 0.100. The molecule has 3 heterocycles. The van der Waals surface area contributed by atoms with Crippen molar-refractivity contribution in [1.29, 1.82) is 0 Å². The lowest BCUT2D eigenvalue weighted by Gasteiger charge is -2.12. The summed E-state index contributed by atoms with van der Waals surface area (Å²) in [5.74, 6) is -0.384. The third-order valence-electron chi connectivity index (χ3n) is 4.19. The first kappa shape index (κ1) is 20.2. The molecule has 1 aromatic carbocycles. The quantitative estimate of drug-likeness (QED) is 0.450. The second kappa shape index (κ2) is 7.62. The molecule has 11 heteroatoms. The third-order valence-corrected chi connectivity index (χ3v) is 5.32. The molecule has 0 unspecified atom stereocenters. The molecule has 0 aliphatic rings. The fourth-order valence-corrected chi connectivity index (χ4v) is 3.68. The van der Waals surface area contributed by atoms with Gasteiger partial charge in [0.2, 0.25) is 0 Å². The number of thiophene rings is 1. The number of benzene rings is 1. The molecule has 0 saturated carbocycles. The van der Waals surface area contributed by atoms with Gasteiger partial charge in [-0.15, -0.1) is 11.3 Å². The lowest BCUT2D eigenvalue weighted by molar-refractivity contribution is -0.142. The van der Waals surface area contributed by atoms with E-state index in [-0.39, 0.29) is 16.9 Å². The number of ether oxygens (including phenoxy) is 1. The average molecular weight is 453 g/mol. The van der Waals surface area contributed by atoms with Crippen LogP contribution in [0.2, 0.25) is 5.02 Å². The van der Waals surface area contributed by atoms with Crippen molar-refractivity contribution in [2.75, 3.05) is 12.4 Å². The molecule has 0 saturated heterocycles. The van der Waals surface area contributed by atoms with Crippen molar-refractivity contribution in [2.24, 2.45) is 0 Å². The summed E-state index contributed by atoms with van der Waals surface area (Å²) in [5.41, 5.74) is -0.950. The Balaban J connectivity index is 1.82. The SMILES string of the molecule is COc1cc(Cl)ccc1NC(=O)c1cnn2c(C(F)(F)F)cc(-c3cccs3)nc12. The molecular formula is C19H12ClF3N4O2S. The largest absolute Gasteiger partial charge is 0.495 e. The number of alkyl halides is 3. The topological polar surface area (TPSA) is 68.5 Å². The molecule has 0 atom stereocenters. The second-order valence-electron chi connectivity index (χ2n) is 6.09. The van der Waals surface area contributed by atoms with Gasteiger partial charge < -0.3 is 10.1 Å². The van der Waals surface area contributed by atoms with Crippen LogP contribution in [0.4, 0.5) is 18.9 Å². The molecule has 4 aromatic rings. The molecule has 0 aliphatic carbocycles. The van der Waals surface area contributed by atoms with Crippen molar-refractivity contribution in [1.82, 2.24) is 14.6 Å². The molecule has 0 bridgehead atoms. The number of hydrogen-bond acceptors (Lipinski definition) is 5. The van der Waals surface area contributed by atoms with Crippen LogP contribution >= 0.6 is 22.9 Å². The fraction of sp³-hybridized carbons (Fsp3) is 0.105. The Labute approximate surface area is 176 Å². The number of hydrogen-bond donors (Lipinski definition) is 1. The van der Waals surface area contributed by atoms with Crippen molar-refractivity contribution in [3.63, 3.8) is 0 Å². The highest BCUT2D eigenvalue weighted by Crippen LogP contribution is 2.34. The van der Waals surface area contributed by atoms with Crippen LogP contribution in [0, 0.1) is 0 Å². The van der Waals surface area contributed by atoms with Crippen LogP contribution in [0.15, 0.2) is 48.0 Å². The predicted octanol–water partition coefficient (Wildman–Crippen LogP) is 5.39. The van der Waals surface area contributed by atoms with Crippen molar-refractivity contribution in [3.8, 4) is 16.3 Å². The number of carbonyl (C=O) groups is 1. The third kappa shape index (κ3) is 3.71. The van der Waals surface area contributed by atoms with Gasteiger partial charge in [0.15, 0.2) is 11.3 Å². The molecule has 0 radical (unpaired) electrons. The number of anilines is 1. The maximum atomic E-state index is 13.6. The standard InChI is InChI=1S/C19H12ClF3N4O2S/c1-29-14-7-10(20)4-5-12(14)26-18(28)11-9-24-27-16(19(21,22)23)8-13(25-17(11)27)15-3-2-6-30-15/h2-9H,1H3,(H,26,28). The second-order valence-corrected chi connectivity index (χ2v) is 7.48. The van der Waals surface area contributed by atoms with E-state index in [0.29, 0.717) is 25.9 Å². The molecular weight excluding hydrogens is 441 g/mol. The number of nitrogens with one attached hydrogen (secondary N) is 1. The van der Waals surface area contributed by atoms with Gasteiger partial charge in [0.05, 0.1) is 29.6 Å². The van der Waals surface area contributed by atoms with E-state index in [1.807, 2.05) is 0 Å². The summed E-state index contributed by atoms with van der Waals surface area (Å²) in [7, 11) is 1.40. The molecule has 0 aliphatic heterocycles. The highest BCUT2D eigenvalue weighted by atomic mass is 35.5. The van der Waals surface area contributed by atoms with Gasteiger partial charge in [-0.25, -0.2) is 9.50 Å². The summed E-state index contributed by atoms with van der Waals surface area (Å²) < 4.78 is 46.7. The highest BCUT2D eigenvalue weighted by molar-refractivity contribution is 7.13. The van der Waals surface area contributed by atoms with E-state index in [1.54, 1.807) is 23.6 Å². The Kier molecular flexibility index (Phi) is 5.12. The summed E-state index contributed by atoms with van der Waals surface area (Å²) in [6.07, 6.45) is -3.64. The number of nitrogens with zero attached hydrogens (tertiary/aromatic N) is 3. The van der Waals surface area contributed by atoms with Crippen LogP contribution in [0.1, 0.15) is 16.1 Å². The Morgan fingerprint density at radius 1 is 1.27 bits per heavy atom. The number of methoxy groups -OCH3 is 1. The molecule has 4 rings (SSSR count). The van der Waals surface area contributed by atoms with Gasteiger partial charge in [0, 0.05) is 11.1 Å². The maximum Gasteiger partial charge on any atom is 0.433 e. The Hall–Kier alpha value is -3.11. The Bertz CT molecular complexity index is 1240. The summed E-state index contributed by atoms with van der Waals surface area (Å²) in [4.78, 5) is 17.6. The zero-order valence-corrected chi connectivity index (χ0v) is 16.8. The lowest BCUT2D eigenvalue weighted by atomic mass is 10.2. The first-order valence-electron chi connectivity index (χ1n) is 8.42. The average Bonchev–Trinajstić information content (AvgIpc) is 3.37. The van der Waals surface area contributed by atoms with Gasteiger partial charge in [0.1, 0.15) is 11.3 Å². The number of carbonyl (C=O) groups excluding carboxylic acids is 1. The molecule has 30 heavy (non-hydrogen) atoms. The van der Waals surface area contributed by atoms with Crippen LogP contribution in [0.25, 0.3) is 16.2 Å². The van der Waals surface area contributed by atoms with E-state index in [9.17, 15) is 18.0 Å². The predicted molar refractivity (Wildman–Crippen MR) is 107 cm³/mol. The number of fused-ring (bicyclic) bond motifs is 1. The van der Waals surface area contributed by atoms with Crippen molar-refractivity contribution in [2.45, 2.75) is 6.18 Å².